The predicted octanol–water partition coefficient (Wildman–Crippen LogP) is 4.07. The van der Waals surface area contributed by atoms with Gasteiger partial charge in [0, 0.05) is 16.2 Å². The second kappa shape index (κ2) is 5.27. The van der Waals surface area contributed by atoms with Gasteiger partial charge in [-0.3, -0.25) is 14.4 Å². The Balaban J connectivity index is 1.67. The summed E-state index contributed by atoms with van der Waals surface area (Å²) in [7, 11) is 0. The third-order valence-electron chi connectivity index (χ3n) is 5.67. The Hall–Kier alpha value is -3.46. The van der Waals surface area contributed by atoms with Crippen LogP contribution in [0.25, 0.3) is 27.1 Å². The second-order valence-electron chi connectivity index (χ2n) is 7.17. The molecule has 6 rings (SSSR count). The minimum absolute atomic E-state index is 0.0269. The van der Waals surface area contributed by atoms with Gasteiger partial charge < -0.3 is 0 Å². The lowest BCUT2D eigenvalue weighted by atomic mass is 9.94. The summed E-state index contributed by atoms with van der Waals surface area (Å²) >= 11 is 0. The fourth-order valence-corrected chi connectivity index (χ4v) is 4.43. The summed E-state index contributed by atoms with van der Waals surface area (Å²) in [6, 6.07) is 22.3. The first-order valence-corrected chi connectivity index (χ1v) is 9.20. The van der Waals surface area contributed by atoms with Crippen molar-refractivity contribution in [3.05, 3.63) is 106 Å². The Bertz CT molecular complexity index is 1390. The van der Waals surface area contributed by atoms with E-state index in [1.165, 1.54) is 0 Å². The van der Waals surface area contributed by atoms with Crippen molar-refractivity contribution in [2.45, 2.75) is 12.1 Å². The molecule has 0 saturated heterocycles. The molecule has 2 atom stereocenters. The van der Waals surface area contributed by atoms with Crippen molar-refractivity contribution >= 4 is 27.1 Å². The van der Waals surface area contributed by atoms with Crippen LogP contribution >= 0.6 is 0 Å². The summed E-state index contributed by atoms with van der Waals surface area (Å²) in [5.74, 6) is 0. The van der Waals surface area contributed by atoms with E-state index in [0.717, 1.165) is 38.2 Å². The minimum Gasteiger partial charge on any atom is -0.283 e. The Morgan fingerprint density at radius 1 is 0.852 bits per heavy atom. The van der Waals surface area contributed by atoms with Crippen LogP contribution in [0.4, 0.5) is 0 Å². The van der Waals surface area contributed by atoms with Crippen LogP contribution in [0.5, 0.6) is 0 Å². The Morgan fingerprint density at radius 2 is 1.63 bits per heavy atom. The molecule has 0 amide bonds. The molecule has 0 N–H and O–H groups in total. The van der Waals surface area contributed by atoms with E-state index in [1.807, 2.05) is 41.0 Å². The first kappa shape index (κ1) is 14.7. The summed E-state index contributed by atoms with van der Waals surface area (Å²) in [6.07, 6.45) is 6.43. The van der Waals surface area contributed by atoms with E-state index in [2.05, 4.69) is 48.6 Å². The maximum atomic E-state index is 13.4. The highest BCUT2D eigenvalue weighted by Crippen LogP contribution is 2.32. The monoisotopic (exact) mass is 348 g/mol. The third-order valence-corrected chi connectivity index (χ3v) is 5.67. The molecule has 1 aliphatic carbocycles. The molecule has 0 bridgehead atoms. The highest BCUT2D eigenvalue weighted by atomic mass is 16.1. The van der Waals surface area contributed by atoms with Gasteiger partial charge in [0.2, 0.25) is 0 Å². The van der Waals surface area contributed by atoms with Gasteiger partial charge in [0.15, 0.2) is 0 Å². The number of aromatic nitrogens is 1. The number of rotatable bonds is 1. The molecule has 1 aromatic heterocycles. The van der Waals surface area contributed by atoms with Crippen LogP contribution in [0, 0.1) is 0 Å². The Labute approximate surface area is 155 Å². The fourth-order valence-electron chi connectivity index (χ4n) is 4.43. The van der Waals surface area contributed by atoms with Crippen LogP contribution in [-0.2, 0) is 0 Å². The summed E-state index contributed by atoms with van der Waals surface area (Å²) in [5.41, 5.74) is 3.14. The van der Waals surface area contributed by atoms with Gasteiger partial charge in [-0.2, -0.15) is 0 Å². The molecule has 3 aromatic carbocycles. The van der Waals surface area contributed by atoms with Crippen molar-refractivity contribution < 1.29 is 0 Å². The number of allylic oxidation sites excluding steroid dienone is 2. The van der Waals surface area contributed by atoms with Gasteiger partial charge in [-0.1, -0.05) is 78.9 Å². The van der Waals surface area contributed by atoms with Gasteiger partial charge in [0.1, 0.15) is 5.49 Å². The van der Waals surface area contributed by atoms with E-state index in [0.29, 0.717) is 0 Å². The van der Waals surface area contributed by atoms with Crippen molar-refractivity contribution in [2.24, 2.45) is 4.99 Å². The molecule has 4 aromatic rings. The number of hydrogen-bond donors (Lipinski definition) is 0. The molecule has 0 saturated carbocycles. The molecule has 2 aliphatic rings. The van der Waals surface area contributed by atoms with Crippen LogP contribution in [0.15, 0.2) is 94.7 Å². The first-order chi connectivity index (χ1) is 13.3. The van der Waals surface area contributed by atoms with E-state index >= 15 is 0 Å². The fraction of sp³-hybridized carbons (Fsp3) is 0.0833. The Morgan fingerprint density at radius 3 is 2.44 bits per heavy atom. The minimum atomic E-state index is -0.0729. The zero-order valence-electron chi connectivity index (χ0n) is 14.5. The molecule has 2 heterocycles. The molecular weight excluding hydrogens is 332 g/mol. The van der Waals surface area contributed by atoms with Crippen molar-refractivity contribution in [3.63, 3.8) is 0 Å². The molecule has 0 fully saturated rings. The van der Waals surface area contributed by atoms with Gasteiger partial charge in [-0.25, -0.2) is 0 Å². The number of nitrogens with zero attached hydrogens (tertiary/aromatic N) is 2. The van der Waals surface area contributed by atoms with Gasteiger partial charge >= 0.3 is 0 Å². The molecule has 3 nitrogen and oxygen atoms in total. The molecule has 128 valence electrons. The van der Waals surface area contributed by atoms with Crippen LogP contribution in [0.3, 0.4) is 0 Å². The number of pyridine rings is 1. The highest BCUT2D eigenvalue weighted by molar-refractivity contribution is 6.09. The van der Waals surface area contributed by atoms with E-state index in [4.69, 9.17) is 4.99 Å². The normalized spacial score (nSPS) is 20.4. The van der Waals surface area contributed by atoms with E-state index in [9.17, 15) is 4.79 Å². The van der Waals surface area contributed by atoms with Crippen LogP contribution < -0.4 is 11.0 Å². The summed E-state index contributed by atoms with van der Waals surface area (Å²) in [6.45, 7) is 0. The predicted molar refractivity (Wildman–Crippen MR) is 109 cm³/mol. The van der Waals surface area contributed by atoms with Crippen molar-refractivity contribution in [2.75, 3.05) is 0 Å². The zero-order chi connectivity index (χ0) is 18.0. The van der Waals surface area contributed by atoms with Gasteiger partial charge in [-0.15, -0.1) is 0 Å². The standard InChI is InChI=1S/C24H16N2O/c27-24-19-11-5-9-16-8-4-10-18(22(16)19)23-25-20-13-12-17(14-21(20)26(23)24)15-6-2-1-3-7-15/h1-14,20-21H. The number of benzene rings is 3. The topological polar surface area (TPSA) is 34.4 Å². The van der Waals surface area contributed by atoms with Gasteiger partial charge in [0.25, 0.3) is 5.56 Å². The van der Waals surface area contributed by atoms with Crippen molar-refractivity contribution in [3.8, 4) is 0 Å². The summed E-state index contributed by atoms with van der Waals surface area (Å²) in [5, 5.41) is 3.94. The highest BCUT2D eigenvalue weighted by Gasteiger charge is 2.30. The molecule has 3 heteroatoms. The van der Waals surface area contributed by atoms with Crippen molar-refractivity contribution in [1.82, 2.24) is 4.57 Å². The average molecular weight is 348 g/mol. The smallest absolute Gasteiger partial charge is 0.260 e. The molecule has 2 unspecified atom stereocenters. The van der Waals surface area contributed by atoms with Crippen LogP contribution in [-0.4, -0.2) is 10.6 Å². The molecular formula is C24H16N2O. The molecule has 0 radical (unpaired) electrons. The van der Waals surface area contributed by atoms with E-state index in [1.54, 1.807) is 0 Å². The van der Waals surface area contributed by atoms with Gasteiger partial charge in [0.05, 0.1) is 12.1 Å². The Kier molecular flexibility index (Phi) is 2.87. The lowest BCUT2D eigenvalue weighted by molar-refractivity contribution is 0.579. The number of hydrogen-bond acceptors (Lipinski definition) is 2. The van der Waals surface area contributed by atoms with Crippen LogP contribution in [0.2, 0.25) is 0 Å². The lowest BCUT2D eigenvalue weighted by Crippen LogP contribution is -2.34. The largest absolute Gasteiger partial charge is 0.283 e. The van der Waals surface area contributed by atoms with Crippen molar-refractivity contribution in [1.29, 1.82) is 0 Å². The van der Waals surface area contributed by atoms with E-state index in [-0.39, 0.29) is 17.6 Å². The lowest BCUT2D eigenvalue weighted by Gasteiger charge is -2.20. The second-order valence-corrected chi connectivity index (χ2v) is 7.17. The van der Waals surface area contributed by atoms with Gasteiger partial charge in [-0.05, 0) is 22.6 Å². The quantitative estimate of drug-likeness (QED) is 0.511. The van der Waals surface area contributed by atoms with E-state index < -0.39 is 0 Å². The maximum Gasteiger partial charge on any atom is 0.260 e. The zero-order valence-corrected chi connectivity index (χ0v) is 14.5. The molecule has 0 spiro atoms. The number of fused-ring (bicyclic) bond motifs is 4. The SMILES string of the molecule is O=c1c2cccc3cccc(c4n1C1C=C(c5ccccc5)C=CC1N=4)c32. The molecule has 27 heavy (non-hydrogen) atoms. The molecule has 1 aliphatic heterocycles. The maximum absolute atomic E-state index is 13.4. The van der Waals surface area contributed by atoms with Crippen LogP contribution in [0.1, 0.15) is 11.6 Å². The summed E-state index contributed by atoms with van der Waals surface area (Å²) < 4.78 is 1.88. The summed E-state index contributed by atoms with van der Waals surface area (Å²) in [4.78, 5) is 18.3. The average Bonchev–Trinajstić information content (AvgIpc) is 3.11. The third kappa shape index (κ3) is 1.97. The first-order valence-electron chi connectivity index (χ1n) is 9.20.